The highest BCUT2D eigenvalue weighted by Crippen LogP contribution is 2.15. The van der Waals surface area contributed by atoms with Gasteiger partial charge in [-0.1, -0.05) is 26.3 Å². The summed E-state index contributed by atoms with van der Waals surface area (Å²) < 4.78 is 32.4. The van der Waals surface area contributed by atoms with Crippen molar-refractivity contribution < 1.29 is 12.3 Å². The van der Waals surface area contributed by atoms with Crippen molar-refractivity contribution in [1.82, 2.24) is 0 Å². The molecule has 0 N–H and O–H groups in total. The van der Waals surface area contributed by atoms with Crippen molar-refractivity contribution >= 4 is 10.2 Å². The van der Waals surface area contributed by atoms with E-state index in [9.17, 15) is 12.3 Å². The second kappa shape index (κ2) is 3.85. The van der Waals surface area contributed by atoms with Gasteiger partial charge in [-0.25, -0.2) is 0 Å². The summed E-state index contributed by atoms with van der Waals surface area (Å²) in [6.07, 6.45) is 0.570. The number of hydrogen-bond donors (Lipinski definition) is 0. The lowest BCUT2D eigenvalue weighted by atomic mass is 10.0. The third kappa shape index (κ3) is 4.95. The molecule has 0 rings (SSSR count). The minimum atomic E-state index is -4.44. The first-order chi connectivity index (χ1) is 4.87. The van der Waals surface area contributed by atoms with Crippen LogP contribution in [0.25, 0.3) is 0 Å². The maximum Gasteiger partial charge on any atom is 0.325 e. The van der Waals surface area contributed by atoms with Gasteiger partial charge in [-0.2, -0.15) is 8.42 Å². The van der Waals surface area contributed by atoms with Crippen molar-refractivity contribution in [3.63, 3.8) is 0 Å². The van der Waals surface area contributed by atoms with E-state index in [-0.39, 0.29) is 5.92 Å². The molecule has 0 aliphatic rings. The molecule has 0 aliphatic carbocycles. The SMILES string of the molecule is CC/C(=C/S(=O)(=O)F)C(C)C. The molecule has 0 saturated heterocycles. The average Bonchev–Trinajstić information content (AvgIpc) is 1.80. The Morgan fingerprint density at radius 1 is 1.55 bits per heavy atom. The van der Waals surface area contributed by atoms with Gasteiger partial charge < -0.3 is 0 Å². The van der Waals surface area contributed by atoms with Gasteiger partial charge in [0.25, 0.3) is 0 Å². The van der Waals surface area contributed by atoms with Crippen molar-refractivity contribution in [2.45, 2.75) is 27.2 Å². The minimum Gasteiger partial charge on any atom is -0.190 e. The van der Waals surface area contributed by atoms with Gasteiger partial charge in [-0.3, -0.25) is 0 Å². The Bertz CT molecular complexity index is 239. The van der Waals surface area contributed by atoms with Crippen LogP contribution in [-0.4, -0.2) is 8.42 Å². The molecule has 0 aromatic heterocycles. The summed E-state index contributed by atoms with van der Waals surface area (Å²) in [6.45, 7) is 5.47. The first-order valence-corrected chi connectivity index (χ1v) is 4.96. The predicted molar refractivity (Wildman–Crippen MR) is 43.2 cm³/mol. The van der Waals surface area contributed by atoms with E-state index in [2.05, 4.69) is 0 Å². The smallest absolute Gasteiger partial charge is 0.190 e. The lowest BCUT2D eigenvalue weighted by Gasteiger charge is -2.05. The maximum absolute atomic E-state index is 12.1. The fraction of sp³-hybridized carbons (Fsp3) is 0.714. The third-order valence-electron chi connectivity index (χ3n) is 1.44. The first-order valence-electron chi connectivity index (χ1n) is 3.52. The van der Waals surface area contributed by atoms with Gasteiger partial charge in [-0.15, -0.1) is 3.89 Å². The lowest BCUT2D eigenvalue weighted by Crippen LogP contribution is -1.95. The standard InChI is InChI=1S/C7H13FO2S/c1-4-7(6(2)3)5-11(8,9)10/h5-6H,4H2,1-3H3/b7-5-. The summed E-state index contributed by atoms with van der Waals surface area (Å²) in [4.78, 5) is 0. The van der Waals surface area contributed by atoms with Crippen LogP contribution in [-0.2, 0) is 10.2 Å². The van der Waals surface area contributed by atoms with Crippen molar-refractivity contribution in [3.8, 4) is 0 Å². The van der Waals surface area contributed by atoms with E-state index in [0.29, 0.717) is 17.4 Å². The molecule has 0 bridgehead atoms. The van der Waals surface area contributed by atoms with Crippen LogP contribution >= 0.6 is 0 Å². The fourth-order valence-electron chi connectivity index (χ4n) is 0.808. The normalized spacial score (nSPS) is 14.1. The zero-order chi connectivity index (χ0) is 9.07. The molecule has 0 unspecified atom stereocenters. The van der Waals surface area contributed by atoms with E-state index in [1.165, 1.54) is 0 Å². The lowest BCUT2D eigenvalue weighted by molar-refractivity contribution is 0.561. The van der Waals surface area contributed by atoms with Crippen LogP contribution in [0.2, 0.25) is 0 Å². The molecule has 0 radical (unpaired) electrons. The van der Waals surface area contributed by atoms with Crippen LogP contribution in [0, 0.1) is 5.92 Å². The highest BCUT2D eigenvalue weighted by Gasteiger charge is 2.07. The summed E-state index contributed by atoms with van der Waals surface area (Å²) in [7, 11) is -4.44. The molecule has 0 aliphatic heterocycles. The van der Waals surface area contributed by atoms with Gasteiger partial charge >= 0.3 is 10.2 Å². The Hall–Kier alpha value is -0.380. The van der Waals surface area contributed by atoms with Gasteiger partial charge in [-0.05, 0) is 12.3 Å². The Labute approximate surface area is 67.3 Å². The van der Waals surface area contributed by atoms with Crippen LogP contribution < -0.4 is 0 Å². The summed E-state index contributed by atoms with van der Waals surface area (Å²) in [5.41, 5.74) is 0.618. The molecule has 0 saturated carbocycles. The van der Waals surface area contributed by atoms with E-state index in [1.807, 2.05) is 13.8 Å². The van der Waals surface area contributed by atoms with Crippen LogP contribution in [0.1, 0.15) is 27.2 Å². The highest BCUT2D eigenvalue weighted by molar-refractivity contribution is 7.89. The van der Waals surface area contributed by atoms with Gasteiger partial charge in [0.05, 0.1) is 5.41 Å². The second-order valence-corrected chi connectivity index (χ2v) is 3.86. The molecular formula is C7H13FO2S. The molecule has 0 amide bonds. The molecule has 11 heavy (non-hydrogen) atoms. The maximum atomic E-state index is 12.1. The van der Waals surface area contributed by atoms with Crippen molar-refractivity contribution in [1.29, 1.82) is 0 Å². The van der Waals surface area contributed by atoms with Gasteiger partial charge in [0.2, 0.25) is 0 Å². The first kappa shape index (κ1) is 10.6. The van der Waals surface area contributed by atoms with Gasteiger partial charge in [0.15, 0.2) is 0 Å². The molecular weight excluding hydrogens is 167 g/mol. The third-order valence-corrected chi connectivity index (χ3v) is 2.03. The number of hydrogen-bond acceptors (Lipinski definition) is 2. The monoisotopic (exact) mass is 180 g/mol. The molecule has 0 fully saturated rings. The quantitative estimate of drug-likeness (QED) is 0.624. The zero-order valence-electron chi connectivity index (χ0n) is 6.96. The van der Waals surface area contributed by atoms with E-state index in [1.54, 1.807) is 6.92 Å². The zero-order valence-corrected chi connectivity index (χ0v) is 7.78. The van der Waals surface area contributed by atoms with Crippen molar-refractivity contribution in [2.24, 2.45) is 5.92 Å². The molecule has 66 valence electrons. The minimum absolute atomic E-state index is 0.0884. The van der Waals surface area contributed by atoms with E-state index >= 15 is 0 Å². The van der Waals surface area contributed by atoms with Gasteiger partial charge in [0.1, 0.15) is 0 Å². The van der Waals surface area contributed by atoms with Crippen LogP contribution in [0.15, 0.2) is 11.0 Å². The largest absolute Gasteiger partial charge is 0.325 e. The fourth-order valence-corrected chi connectivity index (χ4v) is 1.61. The molecule has 0 atom stereocenters. The Morgan fingerprint density at radius 2 is 2.00 bits per heavy atom. The highest BCUT2D eigenvalue weighted by atomic mass is 32.3. The molecule has 0 aromatic rings. The number of halogens is 1. The summed E-state index contributed by atoms with van der Waals surface area (Å²) >= 11 is 0. The van der Waals surface area contributed by atoms with Gasteiger partial charge in [0, 0.05) is 0 Å². The summed E-state index contributed by atoms with van der Waals surface area (Å²) in [5.74, 6) is 0.0884. The number of allylic oxidation sites excluding steroid dienone is 1. The van der Waals surface area contributed by atoms with Crippen molar-refractivity contribution in [3.05, 3.63) is 11.0 Å². The van der Waals surface area contributed by atoms with Crippen LogP contribution in [0.3, 0.4) is 0 Å². The van der Waals surface area contributed by atoms with Crippen LogP contribution in [0.4, 0.5) is 3.89 Å². The topological polar surface area (TPSA) is 34.1 Å². The average molecular weight is 180 g/mol. The second-order valence-electron chi connectivity index (χ2n) is 2.68. The van der Waals surface area contributed by atoms with E-state index in [4.69, 9.17) is 0 Å². The van der Waals surface area contributed by atoms with Crippen molar-refractivity contribution in [2.75, 3.05) is 0 Å². The molecule has 4 heteroatoms. The summed E-state index contributed by atoms with van der Waals surface area (Å²) in [6, 6.07) is 0. The molecule has 0 aromatic carbocycles. The predicted octanol–water partition coefficient (Wildman–Crippen LogP) is 2.24. The molecule has 0 heterocycles. The number of rotatable bonds is 3. The molecule has 0 spiro atoms. The Morgan fingerprint density at radius 3 is 2.09 bits per heavy atom. The summed E-state index contributed by atoms with van der Waals surface area (Å²) in [5, 5.41) is 0.706. The van der Waals surface area contributed by atoms with Crippen LogP contribution in [0.5, 0.6) is 0 Å². The van der Waals surface area contributed by atoms with E-state index in [0.717, 1.165) is 0 Å². The molecule has 2 nitrogen and oxygen atoms in total. The Kier molecular flexibility index (Phi) is 3.72. The van der Waals surface area contributed by atoms with E-state index < -0.39 is 10.2 Å². The Balaban J connectivity index is 4.64.